The molecule has 104 valence electrons. The third-order valence-corrected chi connectivity index (χ3v) is 0. The van der Waals surface area contributed by atoms with E-state index in [0.29, 0.717) is 0 Å². The maximum absolute atomic E-state index is 8.58. The zero-order chi connectivity index (χ0) is 4.50. The normalized spacial score (nSPS) is 3.33. The minimum absolute atomic E-state index is 0. The van der Waals surface area contributed by atoms with Crippen LogP contribution in [-0.4, -0.2) is 58.3 Å². The van der Waals surface area contributed by atoms with Crippen molar-refractivity contribution in [3.63, 3.8) is 0 Å². The Bertz CT molecular complexity index is 34.5. The van der Waals surface area contributed by atoms with Crippen LogP contribution in [0.1, 0.15) is 0 Å². The largest absolute Gasteiger partial charge is 1.00 e. The van der Waals surface area contributed by atoms with E-state index in [1.54, 1.807) is 0 Å². The van der Waals surface area contributed by atoms with Gasteiger partial charge in [-0.3, -0.25) is 0 Å². The molecule has 0 heterocycles. The van der Waals surface area contributed by atoms with Crippen molar-refractivity contribution in [1.82, 2.24) is 0 Å². The fraction of sp³-hybridized carbons (Fsp3) is 0. The van der Waals surface area contributed by atoms with Gasteiger partial charge in [-0.15, -0.1) is 0 Å². The van der Waals surface area contributed by atoms with E-state index < -0.39 is 9.05 Å². The van der Waals surface area contributed by atoms with E-state index in [-0.39, 0.29) is 168 Å². The smallest absolute Gasteiger partial charge is 0.894 e. The molecule has 13 nitrogen and oxygen atoms in total. The molecule has 0 aromatic rings. The van der Waals surface area contributed by atoms with Gasteiger partial charge in [-0.05, 0) is 0 Å². The van der Waals surface area contributed by atoms with Gasteiger partial charge in [-0.25, -0.2) is 0 Å². The molecule has 0 bridgehead atoms. The fourth-order valence-corrected chi connectivity index (χ4v) is 0. The molecule has 0 rings (SSSR count). The van der Waals surface area contributed by atoms with Gasteiger partial charge in [-0.1, -0.05) is 0 Å². The summed E-state index contributed by atoms with van der Waals surface area (Å²) in [4.78, 5) is 34.3. The quantitative estimate of drug-likeness (QED) is 0.385. The van der Waals surface area contributed by atoms with Crippen molar-refractivity contribution in [3.05, 3.63) is 0 Å². The van der Waals surface area contributed by atoms with Gasteiger partial charge < -0.3 is 77.5 Å². The van der Waals surface area contributed by atoms with E-state index in [9.17, 15) is 0 Å². The van der Waals surface area contributed by atoms with E-state index in [1.165, 1.54) is 0 Å². The molecular weight excluding hydrogens is 328 g/mol. The Balaban J connectivity index is -0.00000000103. The molecule has 0 aliphatic heterocycles. The predicted molar refractivity (Wildman–Crippen MR) is 38.3 cm³/mol. The van der Waals surface area contributed by atoms with E-state index in [2.05, 4.69) is 0 Å². The minimum Gasteiger partial charge on any atom is -0.894 e. The molecule has 0 aromatic heterocycles. The molecule has 0 aromatic carbocycles. The van der Waals surface area contributed by atoms with Crippen LogP contribution in [0.4, 0.5) is 0 Å². The Hall–Kier alpha value is 3.70. The van der Waals surface area contributed by atoms with Crippen LogP contribution < -0.4 is 137 Å². The van der Waals surface area contributed by atoms with Crippen molar-refractivity contribution in [2.24, 2.45) is 0 Å². The monoisotopic (exact) mass is 346 g/mol. The molecule has 0 amide bonds. The minimum atomic E-state index is -5.61. The molecule has 0 saturated carbocycles. The fourth-order valence-electron chi connectivity index (χ4n) is 0. The first-order valence-corrected chi connectivity index (χ1v) is 2.45. The second kappa shape index (κ2) is 85.4. The third kappa shape index (κ3) is 504. The first kappa shape index (κ1) is 157. The third-order valence-electron chi connectivity index (χ3n) is 0. The maximum Gasteiger partial charge on any atom is 1.00 e. The molecule has 0 saturated heterocycles. The molecule has 18 heteroatoms. The van der Waals surface area contributed by atoms with Crippen LogP contribution >= 0.6 is 0 Å². The topological polar surface area (TPSA) is 376 Å². The Labute approximate surface area is 192 Å². The summed E-state index contributed by atoms with van der Waals surface area (Å²) < 4.78 is 0. The second-order valence-electron chi connectivity index (χ2n) is 0.500. The summed E-state index contributed by atoms with van der Waals surface area (Å²) in [5.41, 5.74) is 0. The van der Waals surface area contributed by atoms with Crippen molar-refractivity contribution < 1.29 is 187 Å². The Kier molecular flexibility index (Phi) is 744. The van der Waals surface area contributed by atoms with Crippen LogP contribution in [0, 0.1) is 0 Å². The first-order chi connectivity index (χ1) is 2.00. The molecule has 0 spiro atoms. The van der Waals surface area contributed by atoms with Crippen molar-refractivity contribution >= 4 is 9.05 Å². The zero-order valence-corrected chi connectivity index (χ0v) is 19.6. The maximum atomic E-state index is 8.58. The average Bonchev–Trinajstić information content (AvgIpc) is 0.722. The number of rotatable bonds is 0. The van der Waals surface area contributed by atoms with E-state index in [0.717, 1.165) is 0 Å². The van der Waals surface area contributed by atoms with E-state index in [1.807, 2.05) is 0 Å². The van der Waals surface area contributed by atoms with Crippen LogP contribution in [0.25, 0.3) is 0 Å². The van der Waals surface area contributed by atoms with Crippen LogP contribution in [0.2, 0.25) is 0 Å². The summed E-state index contributed by atoms with van der Waals surface area (Å²) in [6, 6.07) is 0. The molecule has 0 radical (unpaired) electrons. The Morgan fingerprint density at radius 3 is 0.333 bits per heavy atom. The molecule has 0 unspecified atom stereocenters. The number of hydrogen-bond acceptors (Lipinski definition) is 4. The van der Waals surface area contributed by atoms with Crippen LogP contribution in [0.5, 0.6) is 0 Å². The SMILES string of the molecule is O.O.O.O.O.O.O.O.O.[Na+].[Na+].[Na+].[Na+].[O-][Si]([O-])([O-])[O-]. The molecule has 0 fully saturated rings. The summed E-state index contributed by atoms with van der Waals surface area (Å²) in [6.07, 6.45) is 0. The van der Waals surface area contributed by atoms with Gasteiger partial charge >= 0.3 is 118 Å². The summed E-state index contributed by atoms with van der Waals surface area (Å²) in [7, 11) is -5.61. The molecule has 0 atom stereocenters. The van der Waals surface area contributed by atoms with Crippen molar-refractivity contribution in [3.8, 4) is 0 Å². The number of hydrogen-bond donors (Lipinski definition) is 0. The summed E-state index contributed by atoms with van der Waals surface area (Å²) in [6.45, 7) is 0. The summed E-state index contributed by atoms with van der Waals surface area (Å²) >= 11 is 0. The van der Waals surface area contributed by atoms with Crippen LogP contribution in [0.15, 0.2) is 0 Å². The average molecular weight is 346 g/mol. The Morgan fingerprint density at radius 2 is 0.333 bits per heavy atom. The van der Waals surface area contributed by atoms with Crippen molar-refractivity contribution in [2.75, 3.05) is 0 Å². The molecule has 18 N–H and O–H groups in total. The van der Waals surface area contributed by atoms with Gasteiger partial charge in [0.15, 0.2) is 0 Å². The molecule has 18 heavy (non-hydrogen) atoms. The van der Waals surface area contributed by atoms with Gasteiger partial charge in [0.2, 0.25) is 0 Å². The molecular formula is H18Na4O13Si. The summed E-state index contributed by atoms with van der Waals surface area (Å²) in [5.74, 6) is 0. The second-order valence-corrected chi connectivity index (χ2v) is 1.50. The van der Waals surface area contributed by atoms with Crippen LogP contribution in [0.3, 0.4) is 0 Å². The summed E-state index contributed by atoms with van der Waals surface area (Å²) in [5, 5.41) is 0. The van der Waals surface area contributed by atoms with E-state index >= 15 is 0 Å². The zero-order valence-electron chi connectivity index (χ0n) is 10.6. The van der Waals surface area contributed by atoms with Gasteiger partial charge in [0.25, 0.3) is 0 Å². The van der Waals surface area contributed by atoms with Gasteiger partial charge in [-0.2, -0.15) is 0 Å². The van der Waals surface area contributed by atoms with Gasteiger partial charge in [0, 0.05) is 0 Å². The predicted octanol–water partition coefficient (Wildman–Crippen LogP) is -24.5. The standard InChI is InChI=1S/4Na.O4Si.9H2O/c;;;;1-5(2,3)4;;;;;;;;;/h;;;;;9*1H2/q4*+1;-4;;;;;;;;;. The molecule has 0 aliphatic rings. The van der Waals surface area contributed by atoms with Crippen molar-refractivity contribution in [2.45, 2.75) is 0 Å². The van der Waals surface area contributed by atoms with E-state index in [4.69, 9.17) is 19.2 Å². The van der Waals surface area contributed by atoms with Crippen LogP contribution in [-0.2, 0) is 0 Å². The first-order valence-electron chi connectivity index (χ1n) is 0.816. The van der Waals surface area contributed by atoms with Gasteiger partial charge in [0.1, 0.15) is 0 Å². The van der Waals surface area contributed by atoms with Gasteiger partial charge in [0.05, 0.1) is 0 Å². The van der Waals surface area contributed by atoms with Crippen molar-refractivity contribution in [1.29, 1.82) is 0 Å². The molecule has 0 aliphatic carbocycles. The Morgan fingerprint density at radius 1 is 0.333 bits per heavy atom.